The Morgan fingerprint density at radius 1 is 1.19 bits per heavy atom. The normalized spacial score (nSPS) is 10.1. The zero-order valence-corrected chi connectivity index (χ0v) is 13.1. The van der Waals surface area contributed by atoms with E-state index in [1.807, 2.05) is 55.0 Å². The summed E-state index contributed by atoms with van der Waals surface area (Å²) < 4.78 is 0. The van der Waals surface area contributed by atoms with Crippen LogP contribution in [0.15, 0.2) is 24.3 Å². The van der Waals surface area contributed by atoms with E-state index in [-0.39, 0.29) is 12.5 Å². The molecule has 1 amide bonds. The topological polar surface area (TPSA) is 43.8 Å². The molecule has 0 radical (unpaired) electrons. The molecule has 0 aliphatic rings. The van der Waals surface area contributed by atoms with Gasteiger partial charge in [0, 0.05) is 25.2 Å². The maximum Gasteiger partial charge on any atom is 0.236 e. The van der Waals surface area contributed by atoms with Gasteiger partial charge in [-0.1, -0.05) is 24.0 Å². The molecule has 0 aliphatic carbocycles. The van der Waals surface area contributed by atoms with Crippen LogP contribution in [-0.2, 0) is 11.3 Å². The molecule has 0 atom stereocenters. The molecule has 0 aromatic heterocycles. The van der Waals surface area contributed by atoms with Gasteiger partial charge < -0.3 is 10.0 Å². The number of rotatable bonds is 6. The summed E-state index contributed by atoms with van der Waals surface area (Å²) in [5, 5.41) is 8.65. The SMILES string of the molecule is CCN(CC)C(=O)CN(C)Cc1ccc(C#CCO)cc1. The van der Waals surface area contributed by atoms with Gasteiger partial charge >= 0.3 is 0 Å². The van der Waals surface area contributed by atoms with E-state index in [0.717, 1.165) is 30.8 Å². The zero-order valence-electron chi connectivity index (χ0n) is 13.1. The van der Waals surface area contributed by atoms with E-state index in [1.165, 1.54) is 0 Å². The van der Waals surface area contributed by atoms with E-state index in [1.54, 1.807) is 0 Å². The molecule has 0 saturated heterocycles. The lowest BCUT2D eigenvalue weighted by molar-refractivity contribution is -0.131. The molecule has 4 nitrogen and oxygen atoms in total. The molecule has 0 bridgehead atoms. The fourth-order valence-corrected chi connectivity index (χ4v) is 2.11. The number of nitrogens with zero attached hydrogens (tertiary/aromatic N) is 2. The summed E-state index contributed by atoms with van der Waals surface area (Å²) in [7, 11) is 1.95. The van der Waals surface area contributed by atoms with Gasteiger partial charge in [-0.2, -0.15) is 0 Å². The van der Waals surface area contributed by atoms with Crippen molar-refractivity contribution in [2.24, 2.45) is 0 Å². The van der Waals surface area contributed by atoms with Crippen molar-refractivity contribution >= 4 is 5.91 Å². The molecule has 1 aromatic rings. The Morgan fingerprint density at radius 2 is 1.81 bits per heavy atom. The third-order valence-corrected chi connectivity index (χ3v) is 3.24. The Hall–Kier alpha value is -1.83. The fraction of sp³-hybridized carbons (Fsp3) is 0.471. The highest BCUT2D eigenvalue weighted by Gasteiger charge is 2.12. The number of carbonyl (C=O) groups excluding carboxylic acids is 1. The number of aliphatic hydroxyl groups is 1. The lowest BCUT2D eigenvalue weighted by atomic mass is 10.1. The van der Waals surface area contributed by atoms with Crippen LogP contribution < -0.4 is 0 Å². The monoisotopic (exact) mass is 288 g/mol. The molecule has 0 unspecified atom stereocenters. The van der Waals surface area contributed by atoms with E-state index in [0.29, 0.717) is 6.54 Å². The Morgan fingerprint density at radius 3 is 2.33 bits per heavy atom. The molecule has 114 valence electrons. The number of carbonyl (C=O) groups is 1. The van der Waals surface area contributed by atoms with Gasteiger partial charge in [0.1, 0.15) is 6.61 Å². The number of likely N-dealkylation sites (N-methyl/N-ethyl adjacent to an activating group) is 2. The van der Waals surface area contributed by atoms with Crippen LogP contribution in [0.1, 0.15) is 25.0 Å². The lowest BCUT2D eigenvalue weighted by Gasteiger charge is -2.23. The molecular formula is C17H24N2O2. The molecule has 0 heterocycles. The molecule has 0 aliphatic heterocycles. The van der Waals surface area contributed by atoms with Crippen molar-refractivity contribution < 1.29 is 9.90 Å². The minimum absolute atomic E-state index is 0.127. The Balaban J connectivity index is 2.54. The van der Waals surface area contributed by atoms with Crippen molar-refractivity contribution in [2.75, 3.05) is 33.3 Å². The Labute approximate surface area is 127 Å². The Bertz CT molecular complexity index is 496. The molecule has 1 N–H and O–H groups in total. The Kier molecular flexibility index (Phi) is 7.52. The first-order valence-corrected chi connectivity index (χ1v) is 7.25. The summed E-state index contributed by atoms with van der Waals surface area (Å²) >= 11 is 0. The summed E-state index contributed by atoms with van der Waals surface area (Å²) in [6.07, 6.45) is 0. The third-order valence-electron chi connectivity index (χ3n) is 3.24. The summed E-state index contributed by atoms with van der Waals surface area (Å²) in [5.74, 6) is 5.64. The minimum atomic E-state index is -0.127. The van der Waals surface area contributed by atoms with Crippen LogP contribution in [0.4, 0.5) is 0 Å². The van der Waals surface area contributed by atoms with Crippen molar-refractivity contribution in [3.05, 3.63) is 35.4 Å². The van der Waals surface area contributed by atoms with Gasteiger partial charge in [-0.3, -0.25) is 9.69 Å². The second-order valence-corrected chi connectivity index (χ2v) is 4.90. The second kappa shape index (κ2) is 9.17. The molecule has 21 heavy (non-hydrogen) atoms. The van der Waals surface area contributed by atoms with Crippen molar-refractivity contribution in [1.82, 2.24) is 9.80 Å². The summed E-state index contributed by atoms with van der Waals surface area (Å²) in [6, 6.07) is 7.86. The number of benzene rings is 1. The molecule has 1 rings (SSSR count). The third kappa shape index (κ3) is 5.99. The van der Waals surface area contributed by atoms with Gasteiger partial charge in [0.25, 0.3) is 0 Å². The van der Waals surface area contributed by atoms with Crippen molar-refractivity contribution in [2.45, 2.75) is 20.4 Å². The van der Waals surface area contributed by atoms with Gasteiger partial charge in [0.2, 0.25) is 5.91 Å². The maximum atomic E-state index is 12.0. The van der Waals surface area contributed by atoms with Gasteiger partial charge in [0.05, 0.1) is 6.54 Å². The number of hydrogen-bond donors (Lipinski definition) is 1. The molecule has 0 fully saturated rings. The van der Waals surface area contributed by atoms with E-state index in [4.69, 9.17) is 5.11 Å². The van der Waals surface area contributed by atoms with Crippen LogP contribution in [0.3, 0.4) is 0 Å². The predicted octanol–water partition coefficient (Wildman–Crippen LogP) is 1.33. The largest absolute Gasteiger partial charge is 0.384 e. The van der Waals surface area contributed by atoms with Gasteiger partial charge in [-0.05, 0) is 38.6 Å². The average molecular weight is 288 g/mol. The number of hydrogen-bond acceptors (Lipinski definition) is 3. The van der Waals surface area contributed by atoms with Crippen LogP contribution >= 0.6 is 0 Å². The van der Waals surface area contributed by atoms with E-state index in [2.05, 4.69) is 11.8 Å². The van der Waals surface area contributed by atoms with Crippen LogP contribution in [0.2, 0.25) is 0 Å². The lowest BCUT2D eigenvalue weighted by Crippen LogP contribution is -2.38. The molecule has 0 saturated carbocycles. The molecular weight excluding hydrogens is 264 g/mol. The predicted molar refractivity (Wildman–Crippen MR) is 84.7 cm³/mol. The van der Waals surface area contributed by atoms with E-state index >= 15 is 0 Å². The quantitative estimate of drug-likeness (QED) is 0.803. The standard InChI is InChI=1S/C17H24N2O2/c1-4-19(5-2)17(21)14-18(3)13-16-10-8-15(9-11-16)7-6-12-20/h8-11,20H,4-5,12-14H2,1-3H3. The van der Waals surface area contributed by atoms with Crippen LogP contribution in [-0.4, -0.2) is 54.1 Å². The van der Waals surface area contributed by atoms with Gasteiger partial charge in [-0.15, -0.1) is 0 Å². The minimum Gasteiger partial charge on any atom is -0.384 e. The first kappa shape index (κ1) is 17.2. The highest BCUT2D eigenvalue weighted by Crippen LogP contribution is 2.06. The number of aliphatic hydroxyl groups excluding tert-OH is 1. The second-order valence-electron chi connectivity index (χ2n) is 4.90. The summed E-state index contributed by atoms with van der Waals surface area (Å²) in [5.41, 5.74) is 2.02. The highest BCUT2D eigenvalue weighted by molar-refractivity contribution is 5.78. The first-order valence-electron chi connectivity index (χ1n) is 7.25. The average Bonchev–Trinajstić information content (AvgIpc) is 2.47. The van der Waals surface area contributed by atoms with Crippen LogP contribution in [0, 0.1) is 11.8 Å². The fourth-order valence-electron chi connectivity index (χ4n) is 2.11. The first-order chi connectivity index (χ1) is 10.1. The van der Waals surface area contributed by atoms with Crippen LogP contribution in [0.25, 0.3) is 0 Å². The smallest absolute Gasteiger partial charge is 0.236 e. The molecule has 1 aromatic carbocycles. The van der Waals surface area contributed by atoms with Crippen molar-refractivity contribution in [3.8, 4) is 11.8 Å². The van der Waals surface area contributed by atoms with Crippen molar-refractivity contribution in [3.63, 3.8) is 0 Å². The molecule has 0 spiro atoms. The van der Waals surface area contributed by atoms with E-state index in [9.17, 15) is 4.79 Å². The summed E-state index contributed by atoms with van der Waals surface area (Å²) in [4.78, 5) is 15.9. The zero-order chi connectivity index (χ0) is 15.7. The molecule has 4 heteroatoms. The van der Waals surface area contributed by atoms with Gasteiger partial charge in [0.15, 0.2) is 0 Å². The highest BCUT2D eigenvalue weighted by atomic mass is 16.2. The van der Waals surface area contributed by atoms with Gasteiger partial charge in [-0.25, -0.2) is 0 Å². The van der Waals surface area contributed by atoms with Crippen molar-refractivity contribution in [1.29, 1.82) is 0 Å². The summed E-state index contributed by atoms with van der Waals surface area (Å²) in [6.45, 7) is 6.51. The number of amides is 1. The maximum absolute atomic E-state index is 12.0. The van der Waals surface area contributed by atoms with Crippen LogP contribution in [0.5, 0.6) is 0 Å². The van der Waals surface area contributed by atoms with E-state index < -0.39 is 0 Å².